The van der Waals surface area contributed by atoms with E-state index in [4.69, 9.17) is 14.2 Å². The second-order valence-electron chi connectivity index (χ2n) is 6.22. The van der Waals surface area contributed by atoms with E-state index in [-0.39, 0.29) is 18.3 Å². The van der Waals surface area contributed by atoms with Gasteiger partial charge in [-0.05, 0) is 55.5 Å². The number of nitrogens with zero attached hydrogens (tertiary/aromatic N) is 3. The first-order chi connectivity index (χ1) is 14.6. The van der Waals surface area contributed by atoms with Crippen LogP contribution in [-0.2, 0) is 18.4 Å². The smallest absolute Gasteiger partial charge is 0.234 e. The summed E-state index contributed by atoms with van der Waals surface area (Å²) in [7, 11) is 3.46. The lowest BCUT2D eigenvalue weighted by Gasteiger charge is -2.08. The van der Waals surface area contributed by atoms with E-state index in [1.807, 2.05) is 67.1 Å². The molecule has 3 aromatic rings. The third-order valence-corrected chi connectivity index (χ3v) is 5.15. The normalized spacial score (nSPS) is 10.5. The number of methoxy groups -OCH3 is 1. The lowest BCUT2D eigenvalue weighted by atomic mass is 10.3. The third kappa shape index (κ3) is 5.90. The van der Waals surface area contributed by atoms with Crippen LogP contribution in [0.1, 0.15) is 12.7 Å². The second-order valence-corrected chi connectivity index (χ2v) is 7.16. The maximum absolute atomic E-state index is 12.2. The molecule has 1 amide bonds. The van der Waals surface area contributed by atoms with Gasteiger partial charge in [0.15, 0.2) is 11.0 Å². The van der Waals surface area contributed by atoms with E-state index in [2.05, 4.69) is 15.5 Å². The number of amides is 1. The lowest BCUT2D eigenvalue weighted by molar-refractivity contribution is -0.113. The summed E-state index contributed by atoms with van der Waals surface area (Å²) in [5.74, 6) is 3.01. The molecule has 30 heavy (non-hydrogen) atoms. The van der Waals surface area contributed by atoms with Gasteiger partial charge in [-0.25, -0.2) is 0 Å². The Balaban J connectivity index is 1.48. The Morgan fingerprint density at radius 3 is 2.30 bits per heavy atom. The number of ether oxygens (including phenoxy) is 3. The van der Waals surface area contributed by atoms with E-state index in [0.29, 0.717) is 23.3 Å². The number of carbonyl (C=O) groups excluding carboxylic acids is 1. The van der Waals surface area contributed by atoms with Crippen molar-refractivity contribution in [2.75, 3.05) is 24.8 Å². The number of hydrogen-bond acceptors (Lipinski definition) is 7. The first-order valence-corrected chi connectivity index (χ1v) is 10.4. The van der Waals surface area contributed by atoms with Crippen LogP contribution in [0.2, 0.25) is 0 Å². The number of anilines is 1. The number of carbonyl (C=O) groups is 1. The van der Waals surface area contributed by atoms with E-state index in [1.165, 1.54) is 11.8 Å². The van der Waals surface area contributed by atoms with E-state index in [9.17, 15) is 4.79 Å². The summed E-state index contributed by atoms with van der Waals surface area (Å²) in [6.45, 7) is 2.80. The molecule has 0 fully saturated rings. The lowest BCUT2D eigenvalue weighted by Crippen LogP contribution is -2.14. The number of hydrogen-bond donors (Lipinski definition) is 1. The van der Waals surface area contributed by atoms with Crippen LogP contribution in [-0.4, -0.2) is 40.1 Å². The fraction of sp³-hybridized carbons (Fsp3) is 0.286. The quantitative estimate of drug-likeness (QED) is 0.494. The number of aromatic nitrogens is 3. The average Bonchev–Trinajstić information content (AvgIpc) is 3.12. The molecular formula is C21H24N4O4S. The second kappa shape index (κ2) is 10.5. The summed E-state index contributed by atoms with van der Waals surface area (Å²) in [6, 6.07) is 14.6. The van der Waals surface area contributed by atoms with Crippen molar-refractivity contribution < 1.29 is 19.0 Å². The van der Waals surface area contributed by atoms with E-state index < -0.39 is 0 Å². The van der Waals surface area contributed by atoms with Gasteiger partial charge in [0.25, 0.3) is 0 Å². The molecule has 0 aliphatic heterocycles. The van der Waals surface area contributed by atoms with Crippen molar-refractivity contribution in [3.8, 4) is 17.2 Å². The molecule has 0 atom stereocenters. The number of rotatable bonds is 10. The van der Waals surface area contributed by atoms with E-state index >= 15 is 0 Å². The van der Waals surface area contributed by atoms with Gasteiger partial charge in [0.2, 0.25) is 5.91 Å². The first kappa shape index (κ1) is 21.5. The van der Waals surface area contributed by atoms with Gasteiger partial charge < -0.3 is 24.1 Å². The van der Waals surface area contributed by atoms with Crippen molar-refractivity contribution in [3.05, 3.63) is 54.4 Å². The first-order valence-electron chi connectivity index (χ1n) is 9.39. The van der Waals surface area contributed by atoms with Crippen molar-refractivity contribution in [1.82, 2.24) is 14.8 Å². The van der Waals surface area contributed by atoms with Crippen molar-refractivity contribution in [3.63, 3.8) is 0 Å². The molecular weight excluding hydrogens is 404 g/mol. The summed E-state index contributed by atoms with van der Waals surface area (Å²) in [5, 5.41) is 11.8. The summed E-state index contributed by atoms with van der Waals surface area (Å²) in [4.78, 5) is 12.2. The molecule has 1 heterocycles. The predicted molar refractivity (Wildman–Crippen MR) is 115 cm³/mol. The molecule has 0 aliphatic carbocycles. The Bertz CT molecular complexity index is 958. The molecule has 0 spiro atoms. The number of benzene rings is 2. The highest BCUT2D eigenvalue weighted by Gasteiger charge is 2.12. The molecule has 8 nitrogen and oxygen atoms in total. The minimum atomic E-state index is -0.122. The highest BCUT2D eigenvalue weighted by molar-refractivity contribution is 7.99. The van der Waals surface area contributed by atoms with Crippen LogP contribution in [0.25, 0.3) is 0 Å². The van der Waals surface area contributed by atoms with Crippen molar-refractivity contribution in [2.45, 2.75) is 18.7 Å². The summed E-state index contributed by atoms with van der Waals surface area (Å²) < 4.78 is 18.1. The molecule has 158 valence electrons. The standard InChI is InChI=1S/C21H24N4O4S/c1-4-28-17-7-5-15(6-8-17)22-20(26)14-30-21-24-23-19(25(21)2)13-29-18-11-9-16(27-3)10-12-18/h5-12H,4,13-14H2,1-3H3,(H,22,26). The van der Waals surface area contributed by atoms with Crippen LogP contribution in [0.3, 0.4) is 0 Å². The average molecular weight is 429 g/mol. The highest BCUT2D eigenvalue weighted by Crippen LogP contribution is 2.20. The Hall–Kier alpha value is -3.20. The maximum atomic E-state index is 12.2. The molecule has 0 radical (unpaired) electrons. The molecule has 0 bridgehead atoms. The van der Waals surface area contributed by atoms with Gasteiger partial charge in [0.05, 0.1) is 19.5 Å². The van der Waals surface area contributed by atoms with Crippen LogP contribution in [0.4, 0.5) is 5.69 Å². The third-order valence-electron chi connectivity index (χ3n) is 4.13. The highest BCUT2D eigenvalue weighted by atomic mass is 32.2. The van der Waals surface area contributed by atoms with E-state index in [1.54, 1.807) is 7.11 Å². The maximum Gasteiger partial charge on any atom is 0.234 e. The zero-order valence-corrected chi connectivity index (χ0v) is 17.9. The van der Waals surface area contributed by atoms with Gasteiger partial charge in [-0.3, -0.25) is 4.79 Å². The molecule has 0 aliphatic rings. The molecule has 9 heteroatoms. The van der Waals surface area contributed by atoms with Crippen LogP contribution < -0.4 is 19.5 Å². The molecule has 0 saturated carbocycles. The van der Waals surface area contributed by atoms with Gasteiger partial charge in [0.1, 0.15) is 23.9 Å². The SMILES string of the molecule is CCOc1ccc(NC(=O)CSc2nnc(COc3ccc(OC)cc3)n2C)cc1. The fourth-order valence-corrected chi connectivity index (χ4v) is 3.27. The van der Waals surface area contributed by atoms with E-state index in [0.717, 1.165) is 17.2 Å². The van der Waals surface area contributed by atoms with Crippen LogP contribution in [0, 0.1) is 0 Å². The van der Waals surface area contributed by atoms with Crippen LogP contribution in [0.15, 0.2) is 53.7 Å². The summed E-state index contributed by atoms with van der Waals surface area (Å²) in [5.41, 5.74) is 0.718. The predicted octanol–water partition coefficient (Wildman–Crippen LogP) is 3.53. The molecule has 0 saturated heterocycles. The summed E-state index contributed by atoms with van der Waals surface area (Å²) >= 11 is 1.31. The minimum absolute atomic E-state index is 0.122. The monoisotopic (exact) mass is 428 g/mol. The Morgan fingerprint density at radius 1 is 1.00 bits per heavy atom. The number of thioether (sulfide) groups is 1. The molecule has 1 aromatic heterocycles. The zero-order valence-electron chi connectivity index (χ0n) is 17.1. The molecule has 1 N–H and O–H groups in total. The van der Waals surface area contributed by atoms with Crippen molar-refractivity contribution in [2.24, 2.45) is 7.05 Å². The Labute approximate surface area is 179 Å². The topological polar surface area (TPSA) is 87.5 Å². The van der Waals surface area contributed by atoms with Crippen LogP contribution >= 0.6 is 11.8 Å². The van der Waals surface area contributed by atoms with Gasteiger partial charge in [-0.2, -0.15) is 0 Å². The molecule has 2 aromatic carbocycles. The zero-order chi connectivity index (χ0) is 21.3. The van der Waals surface area contributed by atoms with Crippen molar-refractivity contribution >= 4 is 23.4 Å². The number of nitrogens with one attached hydrogen (secondary N) is 1. The fourth-order valence-electron chi connectivity index (χ4n) is 2.54. The Kier molecular flexibility index (Phi) is 7.56. The largest absolute Gasteiger partial charge is 0.497 e. The summed E-state index contributed by atoms with van der Waals surface area (Å²) in [6.07, 6.45) is 0. The molecule has 0 unspecified atom stereocenters. The van der Waals surface area contributed by atoms with Crippen LogP contribution in [0.5, 0.6) is 17.2 Å². The minimum Gasteiger partial charge on any atom is -0.497 e. The van der Waals surface area contributed by atoms with Gasteiger partial charge in [-0.15, -0.1) is 10.2 Å². The Morgan fingerprint density at radius 2 is 1.63 bits per heavy atom. The van der Waals surface area contributed by atoms with Crippen molar-refractivity contribution in [1.29, 1.82) is 0 Å². The molecule has 3 rings (SSSR count). The van der Waals surface area contributed by atoms with Gasteiger partial charge in [0, 0.05) is 12.7 Å². The van der Waals surface area contributed by atoms with Gasteiger partial charge >= 0.3 is 0 Å². The van der Waals surface area contributed by atoms with Gasteiger partial charge in [-0.1, -0.05) is 11.8 Å².